The van der Waals surface area contributed by atoms with Crippen molar-refractivity contribution in [1.82, 2.24) is 9.78 Å². The molecule has 0 aliphatic carbocycles. The molecular formula is C11H7F3N2O. The molecule has 0 atom stereocenters. The van der Waals surface area contributed by atoms with Crippen LogP contribution in [0.2, 0.25) is 0 Å². The van der Waals surface area contributed by atoms with Crippen LogP contribution >= 0.6 is 0 Å². The van der Waals surface area contributed by atoms with Crippen molar-refractivity contribution >= 4 is 6.29 Å². The van der Waals surface area contributed by atoms with Gasteiger partial charge >= 0.3 is 6.18 Å². The van der Waals surface area contributed by atoms with Crippen LogP contribution in [0, 0.1) is 0 Å². The quantitative estimate of drug-likeness (QED) is 0.756. The van der Waals surface area contributed by atoms with E-state index in [9.17, 15) is 18.0 Å². The van der Waals surface area contributed by atoms with E-state index in [-0.39, 0.29) is 5.56 Å². The van der Waals surface area contributed by atoms with Crippen molar-refractivity contribution in [1.29, 1.82) is 0 Å². The summed E-state index contributed by atoms with van der Waals surface area (Å²) in [5.74, 6) is 0. The van der Waals surface area contributed by atoms with E-state index in [0.29, 0.717) is 12.0 Å². The minimum atomic E-state index is -4.44. The summed E-state index contributed by atoms with van der Waals surface area (Å²) in [7, 11) is 0. The first-order valence-corrected chi connectivity index (χ1v) is 4.69. The maximum absolute atomic E-state index is 12.4. The molecular weight excluding hydrogens is 233 g/mol. The van der Waals surface area contributed by atoms with Gasteiger partial charge in [-0.25, -0.2) is 4.68 Å². The highest BCUT2D eigenvalue weighted by molar-refractivity contribution is 5.80. The molecule has 0 unspecified atom stereocenters. The van der Waals surface area contributed by atoms with Crippen molar-refractivity contribution in [2.45, 2.75) is 6.18 Å². The first-order chi connectivity index (χ1) is 8.02. The highest BCUT2D eigenvalue weighted by Gasteiger charge is 2.32. The molecule has 1 heterocycles. The zero-order valence-corrected chi connectivity index (χ0v) is 8.48. The number of alkyl halides is 3. The van der Waals surface area contributed by atoms with Crippen LogP contribution in [0.1, 0.15) is 15.9 Å². The van der Waals surface area contributed by atoms with Crippen molar-refractivity contribution in [2.75, 3.05) is 0 Å². The molecule has 2 rings (SSSR count). The molecule has 6 heteroatoms. The second-order valence-electron chi connectivity index (χ2n) is 3.35. The van der Waals surface area contributed by atoms with Crippen LogP contribution in [0.3, 0.4) is 0 Å². The smallest absolute Gasteiger partial charge is 0.298 e. The Hall–Kier alpha value is -2.11. The van der Waals surface area contributed by atoms with Crippen LogP contribution in [-0.4, -0.2) is 16.1 Å². The zero-order valence-electron chi connectivity index (χ0n) is 8.48. The van der Waals surface area contributed by atoms with Gasteiger partial charge in [0.1, 0.15) is 0 Å². The van der Waals surface area contributed by atoms with Crippen LogP contribution < -0.4 is 0 Å². The Balaban J connectivity index is 2.47. The van der Waals surface area contributed by atoms with E-state index in [0.717, 1.165) is 17.1 Å². The van der Waals surface area contributed by atoms with E-state index in [1.165, 1.54) is 12.1 Å². The van der Waals surface area contributed by atoms with Gasteiger partial charge in [0.05, 0.1) is 17.4 Å². The number of hydrogen-bond donors (Lipinski definition) is 0. The lowest BCUT2D eigenvalue weighted by Crippen LogP contribution is -2.03. The van der Waals surface area contributed by atoms with Gasteiger partial charge in [-0.1, -0.05) is 12.1 Å². The Morgan fingerprint density at radius 2 is 1.94 bits per heavy atom. The van der Waals surface area contributed by atoms with Crippen LogP contribution in [0.25, 0.3) is 5.69 Å². The predicted octanol–water partition coefficient (Wildman–Crippen LogP) is 2.70. The van der Waals surface area contributed by atoms with Crippen LogP contribution in [0.5, 0.6) is 0 Å². The second-order valence-corrected chi connectivity index (χ2v) is 3.35. The third kappa shape index (κ3) is 2.20. The number of hydrogen-bond acceptors (Lipinski definition) is 2. The summed E-state index contributed by atoms with van der Waals surface area (Å²) < 4.78 is 38.2. The Morgan fingerprint density at radius 3 is 2.53 bits per heavy atom. The van der Waals surface area contributed by atoms with Gasteiger partial charge in [0.2, 0.25) is 0 Å². The van der Waals surface area contributed by atoms with Crippen molar-refractivity contribution in [3.8, 4) is 5.69 Å². The Kier molecular flexibility index (Phi) is 2.71. The van der Waals surface area contributed by atoms with Crippen molar-refractivity contribution in [2.24, 2.45) is 0 Å². The Morgan fingerprint density at radius 1 is 1.24 bits per heavy atom. The van der Waals surface area contributed by atoms with E-state index in [2.05, 4.69) is 5.10 Å². The number of carbonyl (C=O) groups is 1. The fraction of sp³-hybridized carbons (Fsp3) is 0.0909. The maximum atomic E-state index is 12.4. The molecule has 0 spiro atoms. The van der Waals surface area contributed by atoms with Crippen molar-refractivity contribution < 1.29 is 18.0 Å². The largest absolute Gasteiger partial charge is 0.419 e. The number of carbonyl (C=O) groups excluding carboxylic acids is 1. The summed E-state index contributed by atoms with van der Waals surface area (Å²) in [4.78, 5) is 10.7. The number of para-hydroxylation sites is 1. The lowest BCUT2D eigenvalue weighted by atomic mass is 10.2. The second kappa shape index (κ2) is 4.04. The van der Waals surface area contributed by atoms with Gasteiger partial charge < -0.3 is 0 Å². The minimum Gasteiger partial charge on any atom is -0.298 e. The molecule has 0 saturated carbocycles. The van der Waals surface area contributed by atoms with Gasteiger partial charge in [-0.2, -0.15) is 18.3 Å². The third-order valence-electron chi connectivity index (χ3n) is 2.22. The third-order valence-corrected chi connectivity index (χ3v) is 2.22. The lowest BCUT2D eigenvalue weighted by Gasteiger charge is -2.04. The van der Waals surface area contributed by atoms with E-state index in [1.54, 1.807) is 12.1 Å². The molecule has 88 valence electrons. The Labute approximate surface area is 94.5 Å². The van der Waals surface area contributed by atoms with E-state index in [4.69, 9.17) is 0 Å². The summed E-state index contributed by atoms with van der Waals surface area (Å²) in [6.07, 6.45) is -2.29. The minimum absolute atomic E-state index is 0.282. The summed E-state index contributed by atoms with van der Waals surface area (Å²) >= 11 is 0. The summed E-state index contributed by atoms with van der Waals surface area (Å²) in [5.41, 5.74) is -0.250. The van der Waals surface area contributed by atoms with Gasteiger partial charge in [-0.15, -0.1) is 0 Å². The highest BCUT2D eigenvalue weighted by Crippen LogP contribution is 2.29. The number of aromatic nitrogens is 2. The van der Waals surface area contributed by atoms with E-state index in [1.807, 2.05) is 0 Å². The molecule has 0 saturated heterocycles. The van der Waals surface area contributed by atoms with Crippen LogP contribution in [0.15, 0.2) is 36.7 Å². The number of rotatable bonds is 2. The number of nitrogens with zero attached hydrogens (tertiary/aromatic N) is 2. The summed E-state index contributed by atoms with van der Waals surface area (Å²) in [6.45, 7) is 0. The molecule has 0 amide bonds. The molecule has 0 aliphatic rings. The SMILES string of the molecule is O=Cc1ccccc1-n1cc(C(F)(F)F)cn1. The average Bonchev–Trinajstić information content (AvgIpc) is 2.77. The lowest BCUT2D eigenvalue weighted by molar-refractivity contribution is -0.137. The average molecular weight is 240 g/mol. The fourth-order valence-corrected chi connectivity index (χ4v) is 1.40. The molecule has 17 heavy (non-hydrogen) atoms. The molecule has 0 N–H and O–H groups in total. The summed E-state index contributed by atoms with van der Waals surface area (Å²) in [6, 6.07) is 6.28. The number of aldehydes is 1. The van der Waals surface area contributed by atoms with Gasteiger partial charge in [0, 0.05) is 11.8 Å². The monoisotopic (exact) mass is 240 g/mol. The maximum Gasteiger partial charge on any atom is 0.419 e. The fourth-order valence-electron chi connectivity index (χ4n) is 1.40. The van der Waals surface area contributed by atoms with Crippen LogP contribution in [-0.2, 0) is 6.18 Å². The molecule has 2 aromatic rings. The molecule has 0 fully saturated rings. The van der Waals surface area contributed by atoms with Crippen molar-refractivity contribution in [3.63, 3.8) is 0 Å². The van der Waals surface area contributed by atoms with Gasteiger partial charge in [0.15, 0.2) is 6.29 Å². The predicted molar refractivity (Wildman–Crippen MR) is 54.0 cm³/mol. The van der Waals surface area contributed by atoms with Gasteiger partial charge in [0.25, 0.3) is 0 Å². The Bertz CT molecular complexity index is 546. The highest BCUT2D eigenvalue weighted by atomic mass is 19.4. The summed E-state index contributed by atoms with van der Waals surface area (Å²) in [5, 5.41) is 3.60. The van der Waals surface area contributed by atoms with Crippen LogP contribution in [0.4, 0.5) is 13.2 Å². The molecule has 0 radical (unpaired) electrons. The molecule has 0 bridgehead atoms. The molecule has 1 aromatic carbocycles. The molecule has 3 nitrogen and oxygen atoms in total. The number of halogens is 3. The normalized spacial score (nSPS) is 11.5. The van der Waals surface area contributed by atoms with E-state index < -0.39 is 11.7 Å². The van der Waals surface area contributed by atoms with Gasteiger partial charge in [-0.3, -0.25) is 4.79 Å². The first-order valence-electron chi connectivity index (χ1n) is 4.69. The van der Waals surface area contributed by atoms with Gasteiger partial charge in [-0.05, 0) is 12.1 Å². The number of benzene rings is 1. The van der Waals surface area contributed by atoms with Crippen molar-refractivity contribution in [3.05, 3.63) is 47.8 Å². The molecule has 1 aromatic heterocycles. The zero-order chi connectivity index (χ0) is 12.5. The standard InChI is InChI=1S/C11H7F3N2O/c12-11(13,14)9-5-15-16(6-9)10-4-2-1-3-8(10)7-17/h1-7H. The first kappa shape index (κ1) is 11.4. The van der Waals surface area contributed by atoms with E-state index >= 15 is 0 Å². The topological polar surface area (TPSA) is 34.9 Å². The molecule has 0 aliphatic heterocycles.